The van der Waals surface area contributed by atoms with Crippen molar-refractivity contribution < 1.29 is 14.0 Å². The summed E-state index contributed by atoms with van der Waals surface area (Å²) in [4.78, 5) is 26.0. The molecule has 1 aromatic heterocycles. The second-order valence-corrected chi connectivity index (χ2v) is 4.54. The zero-order valence-electron chi connectivity index (χ0n) is 10.6. The molecule has 0 unspecified atom stereocenters. The fraction of sp³-hybridized carbons (Fsp3) is 0.200. The van der Waals surface area contributed by atoms with Gasteiger partial charge in [0.2, 0.25) is 0 Å². The van der Waals surface area contributed by atoms with Gasteiger partial charge in [-0.3, -0.25) is 9.59 Å². The van der Waals surface area contributed by atoms with E-state index >= 15 is 0 Å². The topological polar surface area (TPSA) is 50.5 Å². The molecular formula is C15H13NO3. The van der Waals surface area contributed by atoms with Crippen molar-refractivity contribution in [3.63, 3.8) is 0 Å². The molecule has 0 spiro atoms. The van der Waals surface area contributed by atoms with Gasteiger partial charge in [-0.1, -0.05) is 12.1 Å². The molecule has 1 aliphatic heterocycles. The van der Waals surface area contributed by atoms with Crippen molar-refractivity contribution >= 4 is 17.4 Å². The second-order valence-electron chi connectivity index (χ2n) is 4.54. The lowest BCUT2D eigenvalue weighted by atomic mass is 9.99. The molecule has 2 aromatic rings. The largest absolute Gasteiger partial charge is 0.469 e. The van der Waals surface area contributed by atoms with Gasteiger partial charge in [-0.25, -0.2) is 0 Å². The van der Waals surface area contributed by atoms with Crippen LogP contribution in [0.4, 0.5) is 5.69 Å². The standard InChI is InChI=1S/C15H13NO3/c1-10-11(7-9-19-10)15(18)16-8-6-14(17)12-4-2-3-5-13(12)16/h2-5,7,9H,6,8H2,1H3. The molecule has 0 aliphatic carbocycles. The van der Waals surface area contributed by atoms with Crippen LogP contribution in [0.15, 0.2) is 41.0 Å². The van der Waals surface area contributed by atoms with Crippen molar-refractivity contribution in [2.45, 2.75) is 13.3 Å². The van der Waals surface area contributed by atoms with E-state index < -0.39 is 0 Å². The van der Waals surface area contributed by atoms with Crippen molar-refractivity contribution in [3.05, 3.63) is 53.5 Å². The summed E-state index contributed by atoms with van der Waals surface area (Å²) in [6.07, 6.45) is 1.86. The summed E-state index contributed by atoms with van der Waals surface area (Å²) in [6, 6.07) is 8.88. The summed E-state index contributed by atoms with van der Waals surface area (Å²) in [5.41, 5.74) is 1.84. The van der Waals surface area contributed by atoms with E-state index in [2.05, 4.69) is 0 Å². The van der Waals surface area contributed by atoms with Crippen LogP contribution < -0.4 is 4.90 Å². The van der Waals surface area contributed by atoms with E-state index in [9.17, 15) is 9.59 Å². The molecule has 96 valence electrons. The van der Waals surface area contributed by atoms with Gasteiger partial charge >= 0.3 is 0 Å². The quantitative estimate of drug-likeness (QED) is 0.787. The Morgan fingerprint density at radius 1 is 1.26 bits per heavy atom. The predicted octanol–water partition coefficient (Wildman–Crippen LogP) is 2.82. The summed E-state index contributed by atoms with van der Waals surface area (Å²) < 4.78 is 5.17. The van der Waals surface area contributed by atoms with Crippen LogP contribution in [-0.4, -0.2) is 18.2 Å². The molecule has 4 heteroatoms. The maximum Gasteiger partial charge on any atom is 0.261 e. The molecule has 0 saturated carbocycles. The van der Waals surface area contributed by atoms with Crippen LogP contribution in [0.2, 0.25) is 0 Å². The van der Waals surface area contributed by atoms with Crippen molar-refractivity contribution in [1.82, 2.24) is 0 Å². The maximum absolute atomic E-state index is 12.5. The van der Waals surface area contributed by atoms with E-state index in [0.29, 0.717) is 35.5 Å². The monoisotopic (exact) mass is 255 g/mol. The fourth-order valence-corrected chi connectivity index (χ4v) is 2.38. The van der Waals surface area contributed by atoms with Crippen molar-refractivity contribution in [3.8, 4) is 0 Å². The summed E-state index contributed by atoms with van der Waals surface area (Å²) in [5.74, 6) is 0.564. The van der Waals surface area contributed by atoms with Gasteiger partial charge in [-0.05, 0) is 25.1 Å². The Balaban J connectivity index is 2.04. The van der Waals surface area contributed by atoms with Gasteiger partial charge in [0.05, 0.1) is 17.5 Å². The number of ketones is 1. The molecule has 0 bridgehead atoms. The minimum Gasteiger partial charge on any atom is -0.469 e. The number of carbonyl (C=O) groups is 2. The molecule has 0 N–H and O–H groups in total. The number of benzene rings is 1. The average Bonchev–Trinajstić information content (AvgIpc) is 2.85. The zero-order valence-corrected chi connectivity index (χ0v) is 10.6. The number of anilines is 1. The smallest absolute Gasteiger partial charge is 0.261 e. The molecule has 0 atom stereocenters. The maximum atomic E-state index is 12.5. The number of nitrogens with zero attached hydrogens (tertiary/aromatic N) is 1. The molecular weight excluding hydrogens is 242 g/mol. The van der Waals surface area contributed by atoms with Gasteiger partial charge < -0.3 is 9.32 Å². The van der Waals surface area contributed by atoms with Gasteiger partial charge in [-0.15, -0.1) is 0 Å². The van der Waals surface area contributed by atoms with Crippen LogP contribution in [0.1, 0.15) is 32.9 Å². The van der Waals surface area contributed by atoms with Crippen LogP contribution in [0.25, 0.3) is 0 Å². The molecule has 1 aromatic carbocycles. The Bertz CT molecular complexity index is 657. The molecule has 2 heterocycles. The Morgan fingerprint density at radius 2 is 2.05 bits per heavy atom. The highest BCUT2D eigenvalue weighted by Gasteiger charge is 2.28. The number of fused-ring (bicyclic) bond motifs is 1. The average molecular weight is 255 g/mol. The third-order valence-electron chi connectivity index (χ3n) is 3.39. The van der Waals surface area contributed by atoms with E-state index in [1.165, 1.54) is 6.26 Å². The molecule has 4 nitrogen and oxygen atoms in total. The van der Waals surface area contributed by atoms with Crippen LogP contribution in [0, 0.1) is 6.92 Å². The Morgan fingerprint density at radius 3 is 2.79 bits per heavy atom. The minimum absolute atomic E-state index is 0.0866. The van der Waals surface area contributed by atoms with Gasteiger partial charge in [0.25, 0.3) is 5.91 Å². The molecule has 0 fully saturated rings. The number of hydrogen-bond acceptors (Lipinski definition) is 3. The lowest BCUT2D eigenvalue weighted by Crippen LogP contribution is -2.37. The summed E-state index contributed by atoms with van der Waals surface area (Å²) >= 11 is 0. The first kappa shape index (κ1) is 11.7. The zero-order chi connectivity index (χ0) is 13.4. The minimum atomic E-state index is -0.119. The third kappa shape index (κ3) is 1.85. The third-order valence-corrected chi connectivity index (χ3v) is 3.39. The van der Waals surface area contributed by atoms with Gasteiger partial charge in [0.1, 0.15) is 5.76 Å². The fourth-order valence-electron chi connectivity index (χ4n) is 2.38. The van der Waals surface area contributed by atoms with Gasteiger partial charge in [-0.2, -0.15) is 0 Å². The number of hydrogen-bond donors (Lipinski definition) is 0. The molecule has 1 amide bonds. The van der Waals surface area contributed by atoms with Gasteiger partial charge in [0.15, 0.2) is 5.78 Å². The highest BCUT2D eigenvalue weighted by atomic mass is 16.3. The lowest BCUT2D eigenvalue weighted by Gasteiger charge is -2.28. The number of rotatable bonds is 1. The van der Waals surface area contributed by atoms with Crippen LogP contribution >= 0.6 is 0 Å². The number of furan rings is 1. The molecule has 19 heavy (non-hydrogen) atoms. The Hall–Kier alpha value is -2.36. The highest BCUT2D eigenvalue weighted by Crippen LogP contribution is 2.28. The van der Waals surface area contributed by atoms with E-state index in [1.54, 1.807) is 30.0 Å². The van der Waals surface area contributed by atoms with Crippen molar-refractivity contribution in [2.24, 2.45) is 0 Å². The second kappa shape index (κ2) is 4.39. The van der Waals surface area contributed by atoms with Crippen LogP contribution in [0.3, 0.4) is 0 Å². The van der Waals surface area contributed by atoms with Crippen molar-refractivity contribution in [1.29, 1.82) is 0 Å². The normalized spacial score (nSPS) is 14.4. The SMILES string of the molecule is Cc1occc1C(=O)N1CCC(=O)c2ccccc21. The first-order chi connectivity index (χ1) is 9.18. The highest BCUT2D eigenvalue weighted by molar-refractivity contribution is 6.13. The molecule has 3 rings (SSSR count). The Labute approximate surface area is 110 Å². The number of aryl methyl sites for hydroxylation is 1. The van der Waals surface area contributed by atoms with E-state index in [4.69, 9.17) is 4.42 Å². The van der Waals surface area contributed by atoms with Crippen LogP contribution in [-0.2, 0) is 0 Å². The molecule has 0 saturated heterocycles. The number of carbonyl (C=O) groups excluding carboxylic acids is 2. The first-order valence-corrected chi connectivity index (χ1v) is 6.16. The van der Waals surface area contributed by atoms with E-state index in [0.717, 1.165) is 0 Å². The number of para-hydroxylation sites is 1. The summed E-state index contributed by atoms with van der Waals surface area (Å²) in [7, 11) is 0. The lowest BCUT2D eigenvalue weighted by molar-refractivity contribution is 0.0954. The first-order valence-electron chi connectivity index (χ1n) is 6.16. The van der Waals surface area contributed by atoms with E-state index in [1.807, 2.05) is 12.1 Å². The predicted molar refractivity (Wildman–Crippen MR) is 70.5 cm³/mol. The number of amides is 1. The van der Waals surface area contributed by atoms with E-state index in [-0.39, 0.29) is 11.7 Å². The molecule has 1 aliphatic rings. The number of Topliss-reactive ketones (excluding diaryl/α,β-unsaturated/α-hetero) is 1. The van der Waals surface area contributed by atoms with Crippen molar-refractivity contribution in [2.75, 3.05) is 11.4 Å². The van der Waals surface area contributed by atoms with Crippen LogP contribution in [0.5, 0.6) is 0 Å². The van der Waals surface area contributed by atoms with Gasteiger partial charge in [0, 0.05) is 18.5 Å². The Kier molecular flexibility index (Phi) is 2.71. The summed E-state index contributed by atoms with van der Waals surface area (Å²) in [6.45, 7) is 2.17. The summed E-state index contributed by atoms with van der Waals surface area (Å²) in [5, 5.41) is 0. The molecule has 0 radical (unpaired) electrons.